The molecule has 92 valence electrons. The van der Waals surface area contributed by atoms with Gasteiger partial charge in [-0.1, -0.05) is 17.7 Å². The zero-order valence-corrected chi connectivity index (χ0v) is 11.0. The summed E-state index contributed by atoms with van der Waals surface area (Å²) in [5.74, 6) is 0.568. The number of fused-ring (bicyclic) bond motifs is 1. The van der Waals surface area contributed by atoms with Crippen molar-refractivity contribution in [3.63, 3.8) is 0 Å². The predicted molar refractivity (Wildman–Crippen MR) is 71.6 cm³/mol. The van der Waals surface area contributed by atoms with Gasteiger partial charge in [0.15, 0.2) is 0 Å². The average Bonchev–Trinajstić information content (AvgIpc) is 2.38. The van der Waals surface area contributed by atoms with Crippen molar-refractivity contribution in [1.82, 2.24) is 15.0 Å². The first kappa shape index (κ1) is 11.7. The predicted octanol–water partition coefficient (Wildman–Crippen LogP) is 3.26. The van der Waals surface area contributed by atoms with Crippen molar-refractivity contribution < 1.29 is 0 Å². The minimum absolute atomic E-state index is 0.203. The number of halogens is 2. The maximum Gasteiger partial charge on any atom is 0.234 e. The third kappa shape index (κ3) is 2.13. The van der Waals surface area contributed by atoms with E-state index in [1.807, 2.05) is 23.1 Å². The molecule has 18 heavy (non-hydrogen) atoms. The Morgan fingerprint density at radius 1 is 1.17 bits per heavy atom. The van der Waals surface area contributed by atoms with Crippen LogP contribution in [-0.4, -0.2) is 21.5 Å². The van der Waals surface area contributed by atoms with Gasteiger partial charge in [0.1, 0.15) is 6.33 Å². The van der Waals surface area contributed by atoms with Crippen LogP contribution in [0.5, 0.6) is 0 Å². The van der Waals surface area contributed by atoms with E-state index in [0.717, 1.165) is 25.1 Å². The van der Waals surface area contributed by atoms with Crippen molar-refractivity contribution in [3.05, 3.63) is 40.4 Å². The first-order chi connectivity index (χ1) is 8.74. The molecule has 0 N–H and O–H groups in total. The molecule has 0 fully saturated rings. The van der Waals surface area contributed by atoms with E-state index in [4.69, 9.17) is 23.2 Å². The highest BCUT2D eigenvalue weighted by atomic mass is 35.5. The van der Waals surface area contributed by atoms with Gasteiger partial charge in [0.25, 0.3) is 0 Å². The SMILES string of the molecule is Clc1ccc2c(c1)N(c1ncnc(Cl)n1)CCC2. The van der Waals surface area contributed by atoms with Crippen LogP contribution in [-0.2, 0) is 6.42 Å². The molecule has 4 nitrogen and oxygen atoms in total. The lowest BCUT2D eigenvalue weighted by Gasteiger charge is -2.29. The molecule has 2 heterocycles. The molecule has 6 heteroatoms. The van der Waals surface area contributed by atoms with E-state index < -0.39 is 0 Å². The van der Waals surface area contributed by atoms with Crippen molar-refractivity contribution in [2.24, 2.45) is 0 Å². The van der Waals surface area contributed by atoms with Crippen LogP contribution in [0.4, 0.5) is 11.6 Å². The molecule has 1 aromatic heterocycles. The maximum absolute atomic E-state index is 6.05. The second-order valence-corrected chi connectivity index (χ2v) is 4.86. The fraction of sp³-hybridized carbons (Fsp3) is 0.250. The Balaban J connectivity index is 2.08. The summed E-state index contributed by atoms with van der Waals surface area (Å²) in [4.78, 5) is 14.1. The van der Waals surface area contributed by atoms with Crippen molar-refractivity contribution in [2.75, 3.05) is 11.4 Å². The molecule has 0 bridgehead atoms. The summed E-state index contributed by atoms with van der Waals surface area (Å²) in [5, 5.41) is 0.912. The minimum atomic E-state index is 0.203. The fourth-order valence-electron chi connectivity index (χ4n) is 2.15. The minimum Gasteiger partial charge on any atom is -0.310 e. The number of aryl methyl sites for hydroxylation is 1. The Morgan fingerprint density at radius 2 is 2.06 bits per heavy atom. The second-order valence-electron chi connectivity index (χ2n) is 4.08. The third-order valence-electron chi connectivity index (χ3n) is 2.94. The van der Waals surface area contributed by atoms with Crippen LogP contribution in [0.3, 0.4) is 0 Å². The van der Waals surface area contributed by atoms with E-state index in [-0.39, 0.29) is 5.28 Å². The number of benzene rings is 1. The van der Waals surface area contributed by atoms with E-state index >= 15 is 0 Å². The van der Waals surface area contributed by atoms with E-state index in [0.29, 0.717) is 11.0 Å². The van der Waals surface area contributed by atoms with Crippen LogP contribution in [0.1, 0.15) is 12.0 Å². The Morgan fingerprint density at radius 3 is 2.89 bits per heavy atom. The first-order valence-corrected chi connectivity index (χ1v) is 6.40. The van der Waals surface area contributed by atoms with Gasteiger partial charge in [0.2, 0.25) is 11.2 Å². The van der Waals surface area contributed by atoms with E-state index in [1.165, 1.54) is 11.9 Å². The molecule has 2 aromatic rings. The van der Waals surface area contributed by atoms with E-state index in [9.17, 15) is 0 Å². The third-order valence-corrected chi connectivity index (χ3v) is 3.35. The normalized spacial score (nSPS) is 14.4. The van der Waals surface area contributed by atoms with Gasteiger partial charge in [-0.05, 0) is 42.1 Å². The topological polar surface area (TPSA) is 41.9 Å². The number of anilines is 2. The summed E-state index contributed by atoms with van der Waals surface area (Å²) in [5.41, 5.74) is 2.30. The second kappa shape index (κ2) is 4.71. The molecule has 0 spiro atoms. The molecule has 1 aliphatic rings. The lowest BCUT2D eigenvalue weighted by atomic mass is 10.0. The summed E-state index contributed by atoms with van der Waals surface area (Å²) in [7, 11) is 0. The highest BCUT2D eigenvalue weighted by molar-refractivity contribution is 6.31. The Labute approximate surface area is 115 Å². The molecule has 0 unspecified atom stereocenters. The number of rotatable bonds is 1. The molecular formula is C12H10Cl2N4. The molecule has 0 saturated heterocycles. The highest BCUT2D eigenvalue weighted by Crippen LogP contribution is 2.33. The van der Waals surface area contributed by atoms with Crippen LogP contribution < -0.4 is 4.90 Å². The van der Waals surface area contributed by atoms with Gasteiger partial charge >= 0.3 is 0 Å². The first-order valence-electron chi connectivity index (χ1n) is 5.64. The lowest BCUT2D eigenvalue weighted by molar-refractivity contribution is 0.747. The van der Waals surface area contributed by atoms with Crippen LogP contribution in [0.25, 0.3) is 0 Å². The van der Waals surface area contributed by atoms with Crippen LogP contribution in [0, 0.1) is 0 Å². The standard InChI is InChI=1S/C12H10Cl2N4/c13-9-4-3-8-2-1-5-18(10(8)6-9)12-16-7-15-11(14)17-12/h3-4,6-7H,1-2,5H2. The number of hydrogen-bond donors (Lipinski definition) is 0. The van der Waals surface area contributed by atoms with Gasteiger partial charge < -0.3 is 4.90 Å². The summed E-state index contributed by atoms with van der Waals surface area (Å²) < 4.78 is 0. The molecule has 0 atom stereocenters. The molecule has 0 amide bonds. The molecule has 0 saturated carbocycles. The molecule has 0 radical (unpaired) electrons. The van der Waals surface area contributed by atoms with E-state index in [1.54, 1.807) is 0 Å². The quantitative estimate of drug-likeness (QED) is 0.804. The lowest BCUT2D eigenvalue weighted by Crippen LogP contribution is -2.26. The summed E-state index contributed by atoms with van der Waals surface area (Å²) in [6.07, 6.45) is 3.52. The smallest absolute Gasteiger partial charge is 0.234 e. The fourth-order valence-corrected chi connectivity index (χ4v) is 2.44. The molecule has 3 rings (SSSR count). The van der Waals surface area contributed by atoms with Crippen molar-refractivity contribution >= 4 is 34.8 Å². The highest BCUT2D eigenvalue weighted by Gasteiger charge is 2.20. The summed E-state index contributed by atoms with van der Waals surface area (Å²) >= 11 is 11.9. The molecule has 1 aromatic carbocycles. The van der Waals surface area contributed by atoms with Crippen molar-refractivity contribution in [1.29, 1.82) is 0 Å². The number of hydrogen-bond acceptors (Lipinski definition) is 4. The Kier molecular flexibility index (Phi) is 3.06. The zero-order chi connectivity index (χ0) is 12.5. The van der Waals surface area contributed by atoms with Gasteiger partial charge in [-0.25, -0.2) is 9.97 Å². The average molecular weight is 281 g/mol. The summed E-state index contributed by atoms with van der Waals surface area (Å²) in [6.45, 7) is 0.855. The van der Waals surface area contributed by atoms with Gasteiger partial charge in [-0.3, -0.25) is 0 Å². The number of nitrogens with zero attached hydrogens (tertiary/aromatic N) is 4. The van der Waals surface area contributed by atoms with Crippen LogP contribution in [0.15, 0.2) is 24.5 Å². The Bertz CT molecular complexity index is 588. The largest absolute Gasteiger partial charge is 0.310 e. The van der Waals surface area contributed by atoms with Crippen molar-refractivity contribution in [2.45, 2.75) is 12.8 Å². The summed E-state index contributed by atoms with van der Waals surface area (Å²) in [6, 6.07) is 5.89. The maximum atomic E-state index is 6.05. The monoisotopic (exact) mass is 280 g/mol. The van der Waals surface area contributed by atoms with Gasteiger partial charge in [-0.15, -0.1) is 0 Å². The molecule has 1 aliphatic heterocycles. The Hall–Kier alpha value is -1.39. The van der Waals surface area contributed by atoms with Crippen LogP contribution >= 0.6 is 23.2 Å². The van der Waals surface area contributed by atoms with Crippen LogP contribution in [0.2, 0.25) is 10.3 Å². The van der Waals surface area contributed by atoms with Gasteiger partial charge in [0.05, 0.1) is 0 Å². The zero-order valence-electron chi connectivity index (χ0n) is 9.48. The number of aromatic nitrogens is 3. The van der Waals surface area contributed by atoms with Gasteiger partial charge in [-0.2, -0.15) is 4.98 Å². The molecular weight excluding hydrogens is 271 g/mol. The van der Waals surface area contributed by atoms with E-state index in [2.05, 4.69) is 15.0 Å². The molecule has 0 aliphatic carbocycles. The van der Waals surface area contributed by atoms with Gasteiger partial charge in [0, 0.05) is 17.3 Å². The van der Waals surface area contributed by atoms with Crippen molar-refractivity contribution in [3.8, 4) is 0 Å².